The van der Waals surface area contributed by atoms with Gasteiger partial charge in [0.05, 0.1) is 7.11 Å². The van der Waals surface area contributed by atoms with Crippen molar-refractivity contribution in [2.75, 3.05) is 7.11 Å². The van der Waals surface area contributed by atoms with Crippen LogP contribution in [-0.2, 0) is 4.79 Å². The molecule has 1 saturated carbocycles. The Labute approximate surface area is 102 Å². The molecule has 0 saturated heterocycles. The van der Waals surface area contributed by atoms with Crippen LogP contribution in [0.15, 0.2) is 29.8 Å². The lowest BCUT2D eigenvalue weighted by Gasteiger charge is -2.19. The summed E-state index contributed by atoms with van der Waals surface area (Å²) in [4.78, 5) is 11.8. The lowest BCUT2D eigenvalue weighted by Crippen LogP contribution is -2.14. The fourth-order valence-electron chi connectivity index (χ4n) is 2.17. The average molecular weight is 230 g/mol. The molecule has 2 nitrogen and oxygen atoms in total. The van der Waals surface area contributed by atoms with Crippen molar-refractivity contribution in [3.05, 3.63) is 35.4 Å². The normalized spacial score (nSPS) is 22.8. The van der Waals surface area contributed by atoms with Gasteiger partial charge in [-0.2, -0.15) is 0 Å². The molecule has 1 aromatic carbocycles. The van der Waals surface area contributed by atoms with Crippen molar-refractivity contribution in [3.8, 4) is 5.75 Å². The van der Waals surface area contributed by atoms with E-state index in [9.17, 15) is 4.79 Å². The van der Waals surface area contributed by atoms with Crippen LogP contribution in [-0.4, -0.2) is 12.9 Å². The van der Waals surface area contributed by atoms with Gasteiger partial charge in [-0.25, -0.2) is 0 Å². The second kappa shape index (κ2) is 5.17. The van der Waals surface area contributed by atoms with Gasteiger partial charge in [0.1, 0.15) is 5.75 Å². The minimum Gasteiger partial charge on any atom is -0.497 e. The molecular weight excluding hydrogens is 212 g/mol. The number of ether oxygens (including phenoxy) is 1. The Kier molecular flexibility index (Phi) is 3.62. The van der Waals surface area contributed by atoms with Crippen molar-refractivity contribution >= 4 is 11.9 Å². The van der Waals surface area contributed by atoms with Crippen molar-refractivity contribution in [2.24, 2.45) is 5.92 Å². The summed E-state index contributed by atoms with van der Waals surface area (Å²) in [7, 11) is 1.65. The van der Waals surface area contributed by atoms with E-state index < -0.39 is 0 Å². The molecular formula is C15H18O2. The predicted molar refractivity (Wildman–Crippen MR) is 69.0 cm³/mol. The Balaban J connectivity index is 2.18. The van der Waals surface area contributed by atoms with Crippen LogP contribution < -0.4 is 4.74 Å². The van der Waals surface area contributed by atoms with Crippen molar-refractivity contribution in [3.63, 3.8) is 0 Å². The van der Waals surface area contributed by atoms with Crippen LogP contribution in [0.5, 0.6) is 5.75 Å². The molecule has 1 aliphatic rings. The van der Waals surface area contributed by atoms with Gasteiger partial charge < -0.3 is 4.74 Å². The molecule has 0 spiro atoms. The summed E-state index contributed by atoms with van der Waals surface area (Å²) >= 11 is 0. The standard InChI is InChI=1S/C15H18O2/c1-11-3-8-15(16)13(9-11)10-12-4-6-14(17-2)7-5-12/h4-7,10-11H,3,8-9H2,1-2H3/b13-10-. The van der Waals surface area contributed by atoms with Gasteiger partial charge in [-0.3, -0.25) is 4.79 Å². The molecule has 0 radical (unpaired) electrons. The van der Waals surface area contributed by atoms with E-state index in [-0.39, 0.29) is 0 Å². The monoisotopic (exact) mass is 230 g/mol. The summed E-state index contributed by atoms with van der Waals surface area (Å²) in [6.07, 6.45) is 4.64. The van der Waals surface area contributed by atoms with Crippen LogP contribution in [0.3, 0.4) is 0 Å². The Morgan fingerprint density at radius 2 is 2.00 bits per heavy atom. The number of carbonyl (C=O) groups excluding carboxylic acids is 1. The first kappa shape index (κ1) is 11.9. The maximum absolute atomic E-state index is 11.8. The minimum absolute atomic E-state index is 0.305. The van der Waals surface area contributed by atoms with Crippen LogP contribution in [0, 0.1) is 5.92 Å². The fourth-order valence-corrected chi connectivity index (χ4v) is 2.17. The zero-order valence-corrected chi connectivity index (χ0v) is 10.4. The van der Waals surface area contributed by atoms with Crippen molar-refractivity contribution in [2.45, 2.75) is 26.2 Å². The number of hydrogen-bond donors (Lipinski definition) is 0. The molecule has 0 N–H and O–H groups in total. The summed E-state index contributed by atoms with van der Waals surface area (Å²) in [5.41, 5.74) is 2.04. The molecule has 0 aliphatic heterocycles. The van der Waals surface area contributed by atoms with Gasteiger partial charge in [0, 0.05) is 6.42 Å². The fraction of sp³-hybridized carbons (Fsp3) is 0.400. The largest absolute Gasteiger partial charge is 0.497 e. The van der Waals surface area contributed by atoms with E-state index in [1.54, 1.807) is 7.11 Å². The highest BCUT2D eigenvalue weighted by atomic mass is 16.5. The molecule has 0 aromatic heterocycles. The third-order valence-corrected chi connectivity index (χ3v) is 3.25. The predicted octanol–water partition coefficient (Wildman–Crippen LogP) is 3.47. The second-order valence-electron chi connectivity index (χ2n) is 4.71. The summed E-state index contributed by atoms with van der Waals surface area (Å²) in [6.45, 7) is 2.20. The smallest absolute Gasteiger partial charge is 0.158 e. The highest BCUT2D eigenvalue weighted by molar-refractivity contribution is 6.00. The number of methoxy groups -OCH3 is 1. The van der Waals surface area contributed by atoms with Gasteiger partial charge in [-0.1, -0.05) is 19.1 Å². The lowest BCUT2D eigenvalue weighted by atomic mass is 9.85. The molecule has 90 valence electrons. The average Bonchev–Trinajstić information content (AvgIpc) is 2.35. The maximum Gasteiger partial charge on any atom is 0.158 e. The number of Topliss-reactive ketones (excluding diaryl/α,β-unsaturated/α-hetero) is 1. The SMILES string of the molecule is COc1ccc(/C=C2/CC(C)CCC2=O)cc1. The molecule has 17 heavy (non-hydrogen) atoms. The number of carbonyl (C=O) groups is 1. The molecule has 2 rings (SSSR count). The lowest BCUT2D eigenvalue weighted by molar-refractivity contribution is -0.116. The summed E-state index contributed by atoms with van der Waals surface area (Å²) < 4.78 is 5.11. The number of benzene rings is 1. The first-order chi connectivity index (χ1) is 8.19. The van der Waals surface area contributed by atoms with Crippen molar-refractivity contribution < 1.29 is 9.53 Å². The van der Waals surface area contributed by atoms with E-state index in [1.807, 2.05) is 30.3 Å². The Bertz CT molecular complexity index is 429. The molecule has 2 heteroatoms. The van der Waals surface area contributed by atoms with E-state index in [2.05, 4.69) is 6.92 Å². The zero-order chi connectivity index (χ0) is 12.3. The maximum atomic E-state index is 11.8. The first-order valence-electron chi connectivity index (χ1n) is 6.07. The highest BCUT2D eigenvalue weighted by Gasteiger charge is 2.19. The van der Waals surface area contributed by atoms with Crippen LogP contribution in [0.4, 0.5) is 0 Å². The van der Waals surface area contributed by atoms with E-state index in [1.165, 1.54) is 0 Å². The van der Waals surface area contributed by atoms with Gasteiger partial charge in [-0.05, 0) is 48.1 Å². The topological polar surface area (TPSA) is 26.3 Å². The Morgan fingerprint density at radius 3 is 2.65 bits per heavy atom. The van der Waals surface area contributed by atoms with Gasteiger partial charge in [0.15, 0.2) is 5.78 Å². The third kappa shape index (κ3) is 2.96. The summed E-state index contributed by atoms with van der Waals surface area (Å²) in [5.74, 6) is 1.77. The highest BCUT2D eigenvalue weighted by Crippen LogP contribution is 2.27. The molecule has 1 aromatic rings. The quantitative estimate of drug-likeness (QED) is 0.727. The van der Waals surface area contributed by atoms with Crippen LogP contribution >= 0.6 is 0 Å². The van der Waals surface area contributed by atoms with Gasteiger partial charge >= 0.3 is 0 Å². The first-order valence-corrected chi connectivity index (χ1v) is 6.07. The van der Waals surface area contributed by atoms with E-state index in [4.69, 9.17) is 4.74 Å². The molecule has 0 heterocycles. The van der Waals surface area contributed by atoms with Crippen LogP contribution in [0.25, 0.3) is 6.08 Å². The summed E-state index contributed by atoms with van der Waals surface area (Å²) in [5, 5.41) is 0. The minimum atomic E-state index is 0.305. The van der Waals surface area contributed by atoms with Crippen LogP contribution in [0.2, 0.25) is 0 Å². The molecule has 0 bridgehead atoms. The number of allylic oxidation sites excluding steroid dienone is 1. The van der Waals surface area contributed by atoms with Crippen molar-refractivity contribution in [1.29, 1.82) is 0 Å². The second-order valence-corrected chi connectivity index (χ2v) is 4.71. The third-order valence-electron chi connectivity index (χ3n) is 3.25. The molecule has 1 aliphatic carbocycles. The van der Waals surface area contributed by atoms with Crippen LogP contribution in [0.1, 0.15) is 31.7 Å². The van der Waals surface area contributed by atoms with E-state index in [0.29, 0.717) is 18.1 Å². The number of rotatable bonds is 2. The van der Waals surface area contributed by atoms with E-state index >= 15 is 0 Å². The Morgan fingerprint density at radius 1 is 1.29 bits per heavy atom. The number of ketones is 1. The molecule has 1 atom stereocenters. The van der Waals surface area contributed by atoms with Gasteiger partial charge in [0.25, 0.3) is 0 Å². The molecule has 0 amide bonds. The number of hydrogen-bond acceptors (Lipinski definition) is 2. The molecule has 1 unspecified atom stereocenters. The van der Waals surface area contributed by atoms with E-state index in [0.717, 1.165) is 29.7 Å². The van der Waals surface area contributed by atoms with Crippen molar-refractivity contribution in [1.82, 2.24) is 0 Å². The zero-order valence-electron chi connectivity index (χ0n) is 10.4. The van der Waals surface area contributed by atoms with Gasteiger partial charge in [0.2, 0.25) is 0 Å². The Hall–Kier alpha value is -1.57. The summed E-state index contributed by atoms with van der Waals surface area (Å²) in [6, 6.07) is 7.81. The van der Waals surface area contributed by atoms with Gasteiger partial charge in [-0.15, -0.1) is 0 Å². The molecule has 1 fully saturated rings.